The molecule has 1 aromatic carbocycles. The van der Waals surface area contributed by atoms with E-state index in [1.165, 1.54) is 5.56 Å². The van der Waals surface area contributed by atoms with Crippen molar-refractivity contribution in [3.05, 3.63) is 52.8 Å². The highest BCUT2D eigenvalue weighted by molar-refractivity contribution is 5.40. The van der Waals surface area contributed by atoms with Gasteiger partial charge in [-0.15, -0.1) is 0 Å². The summed E-state index contributed by atoms with van der Waals surface area (Å²) in [7, 11) is 0. The Balaban J connectivity index is 1.51. The van der Waals surface area contributed by atoms with E-state index in [1.54, 1.807) is 0 Å². The summed E-state index contributed by atoms with van der Waals surface area (Å²) < 4.78 is 40.9. The van der Waals surface area contributed by atoms with E-state index < -0.39 is 11.9 Å². The lowest BCUT2D eigenvalue weighted by molar-refractivity contribution is -0.142. The molecule has 1 saturated heterocycles. The maximum Gasteiger partial charge on any atom is 0.433 e. The molecule has 4 rings (SSSR count). The van der Waals surface area contributed by atoms with Gasteiger partial charge in [0.1, 0.15) is 0 Å². The van der Waals surface area contributed by atoms with Crippen LogP contribution in [-0.4, -0.2) is 41.0 Å². The minimum Gasteiger partial charge on any atom is -0.338 e. The second kappa shape index (κ2) is 7.70. The molecular weight excluding hydrogens is 365 g/mol. The Morgan fingerprint density at radius 1 is 1.04 bits per heavy atom. The van der Waals surface area contributed by atoms with Crippen molar-refractivity contribution in [1.29, 1.82) is 0 Å². The van der Waals surface area contributed by atoms with Crippen molar-refractivity contribution in [1.82, 2.24) is 14.9 Å². The maximum absolute atomic E-state index is 13.6. The van der Waals surface area contributed by atoms with Gasteiger partial charge in [0, 0.05) is 44.0 Å². The summed E-state index contributed by atoms with van der Waals surface area (Å²) in [6.45, 7) is 5.69. The van der Waals surface area contributed by atoms with Gasteiger partial charge in [0.05, 0.1) is 0 Å². The molecule has 1 fully saturated rings. The van der Waals surface area contributed by atoms with E-state index in [9.17, 15) is 13.2 Å². The van der Waals surface area contributed by atoms with Gasteiger partial charge < -0.3 is 4.90 Å². The van der Waals surface area contributed by atoms with Gasteiger partial charge in [-0.05, 0) is 30.7 Å². The van der Waals surface area contributed by atoms with Crippen molar-refractivity contribution in [3.8, 4) is 0 Å². The third-order valence-electron chi connectivity index (χ3n) is 5.68. The van der Waals surface area contributed by atoms with Crippen LogP contribution in [0.3, 0.4) is 0 Å². The van der Waals surface area contributed by atoms with Crippen LogP contribution in [0.2, 0.25) is 0 Å². The van der Waals surface area contributed by atoms with Crippen molar-refractivity contribution >= 4 is 5.95 Å². The van der Waals surface area contributed by atoms with E-state index in [1.807, 2.05) is 30.0 Å². The van der Waals surface area contributed by atoms with Crippen molar-refractivity contribution in [2.75, 3.05) is 31.1 Å². The van der Waals surface area contributed by atoms with Gasteiger partial charge in [0.2, 0.25) is 5.95 Å². The first-order chi connectivity index (χ1) is 13.4. The van der Waals surface area contributed by atoms with Gasteiger partial charge in [0.25, 0.3) is 0 Å². The molecule has 2 aliphatic rings. The minimum absolute atomic E-state index is 0.236. The van der Waals surface area contributed by atoms with Crippen LogP contribution in [0.15, 0.2) is 30.3 Å². The van der Waals surface area contributed by atoms with Crippen LogP contribution in [0, 0.1) is 5.92 Å². The Bertz CT molecular complexity index is 814. The molecule has 0 amide bonds. The monoisotopic (exact) mass is 390 g/mol. The fourth-order valence-electron chi connectivity index (χ4n) is 4.10. The summed E-state index contributed by atoms with van der Waals surface area (Å²) in [5.41, 5.74) is 1.40. The van der Waals surface area contributed by atoms with Crippen LogP contribution in [0.5, 0.6) is 0 Å². The summed E-state index contributed by atoms with van der Waals surface area (Å²) in [5, 5.41) is 0. The van der Waals surface area contributed by atoms with E-state index in [2.05, 4.69) is 27.0 Å². The van der Waals surface area contributed by atoms with Crippen molar-refractivity contribution in [3.63, 3.8) is 0 Å². The summed E-state index contributed by atoms with van der Waals surface area (Å²) in [6.07, 6.45) is -2.54. The van der Waals surface area contributed by atoms with Gasteiger partial charge in [0.15, 0.2) is 5.69 Å². The second-order valence-corrected chi connectivity index (χ2v) is 7.89. The van der Waals surface area contributed by atoms with Crippen molar-refractivity contribution in [2.24, 2.45) is 5.92 Å². The van der Waals surface area contributed by atoms with Crippen molar-refractivity contribution < 1.29 is 13.2 Å². The predicted molar refractivity (Wildman–Crippen MR) is 102 cm³/mol. The quantitative estimate of drug-likeness (QED) is 0.795. The molecule has 0 bridgehead atoms. The van der Waals surface area contributed by atoms with E-state index >= 15 is 0 Å². The number of piperazine rings is 1. The zero-order chi connectivity index (χ0) is 19.7. The number of halogens is 3. The molecule has 0 saturated carbocycles. The lowest BCUT2D eigenvalue weighted by Crippen LogP contribution is -2.46. The molecule has 7 heteroatoms. The lowest BCUT2D eigenvalue weighted by atomic mass is 9.87. The SMILES string of the molecule is CC1CCc2nc(N3CCN(Cc4ccccc4)CC3)nc(C(F)(F)F)c2C1. The fraction of sp³-hybridized carbons (Fsp3) is 0.524. The Labute approximate surface area is 163 Å². The Morgan fingerprint density at radius 3 is 2.43 bits per heavy atom. The molecule has 0 spiro atoms. The minimum atomic E-state index is -4.44. The second-order valence-electron chi connectivity index (χ2n) is 7.89. The number of hydrogen-bond acceptors (Lipinski definition) is 4. The first kappa shape index (κ1) is 19.2. The molecule has 1 aliphatic heterocycles. The maximum atomic E-state index is 13.6. The smallest absolute Gasteiger partial charge is 0.338 e. The topological polar surface area (TPSA) is 32.3 Å². The number of fused-ring (bicyclic) bond motifs is 1. The third kappa shape index (κ3) is 4.14. The number of benzene rings is 1. The Kier molecular flexibility index (Phi) is 5.27. The van der Waals surface area contributed by atoms with Gasteiger partial charge in [-0.1, -0.05) is 37.3 Å². The average molecular weight is 390 g/mol. The largest absolute Gasteiger partial charge is 0.433 e. The first-order valence-corrected chi connectivity index (χ1v) is 9.88. The van der Waals surface area contributed by atoms with Crippen LogP contribution in [0.4, 0.5) is 19.1 Å². The molecule has 150 valence electrons. The highest BCUT2D eigenvalue weighted by Gasteiger charge is 2.39. The van der Waals surface area contributed by atoms with Gasteiger partial charge >= 0.3 is 6.18 Å². The van der Waals surface area contributed by atoms with Crippen LogP contribution >= 0.6 is 0 Å². The molecule has 1 aromatic heterocycles. The predicted octanol–water partition coefficient (Wildman–Crippen LogP) is 3.94. The normalized spacial score (nSPS) is 20.9. The molecule has 2 heterocycles. The van der Waals surface area contributed by atoms with Crippen LogP contribution in [0.1, 0.15) is 35.9 Å². The van der Waals surface area contributed by atoms with Crippen LogP contribution < -0.4 is 4.90 Å². The number of hydrogen-bond donors (Lipinski definition) is 0. The van der Waals surface area contributed by atoms with Gasteiger partial charge in [-0.25, -0.2) is 9.97 Å². The number of aryl methyl sites for hydroxylation is 1. The van der Waals surface area contributed by atoms with E-state index in [-0.39, 0.29) is 11.9 Å². The molecule has 0 N–H and O–H groups in total. The van der Waals surface area contributed by atoms with E-state index in [4.69, 9.17) is 0 Å². The van der Waals surface area contributed by atoms with Crippen LogP contribution in [0.25, 0.3) is 0 Å². The van der Waals surface area contributed by atoms with E-state index in [0.717, 1.165) is 26.1 Å². The molecule has 0 radical (unpaired) electrons. The Hall–Kier alpha value is -2.15. The highest BCUT2D eigenvalue weighted by atomic mass is 19.4. The highest BCUT2D eigenvalue weighted by Crippen LogP contribution is 2.37. The first-order valence-electron chi connectivity index (χ1n) is 9.88. The molecule has 1 aliphatic carbocycles. The van der Waals surface area contributed by atoms with Gasteiger partial charge in [-0.2, -0.15) is 13.2 Å². The lowest BCUT2D eigenvalue weighted by Gasteiger charge is -2.35. The average Bonchev–Trinajstić information content (AvgIpc) is 2.68. The number of aromatic nitrogens is 2. The number of rotatable bonds is 3. The molecule has 28 heavy (non-hydrogen) atoms. The molecule has 4 nitrogen and oxygen atoms in total. The summed E-state index contributed by atoms with van der Waals surface area (Å²) in [4.78, 5) is 12.8. The number of alkyl halides is 3. The molecule has 1 atom stereocenters. The van der Waals surface area contributed by atoms with Crippen LogP contribution in [-0.2, 0) is 25.6 Å². The van der Waals surface area contributed by atoms with E-state index in [0.29, 0.717) is 37.2 Å². The summed E-state index contributed by atoms with van der Waals surface area (Å²) >= 11 is 0. The number of nitrogens with zero attached hydrogens (tertiary/aromatic N) is 4. The zero-order valence-corrected chi connectivity index (χ0v) is 16.0. The summed E-state index contributed by atoms with van der Waals surface area (Å²) in [5.74, 6) is 0.476. The Morgan fingerprint density at radius 2 is 1.75 bits per heavy atom. The molecule has 2 aromatic rings. The standard InChI is InChI=1S/C21H25F3N4/c1-15-7-8-18-17(13-15)19(21(22,23)24)26-20(25-18)28-11-9-27(10-12-28)14-16-5-3-2-4-6-16/h2-6,15H,7-14H2,1H3. The zero-order valence-electron chi connectivity index (χ0n) is 16.0. The van der Waals surface area contributed by atoms with Gasteiger partial charge in [-0.3, -0.25) is 4.90 Å². The number of anilines is 1. The molecular formula is C21H25F3N4. The summed E-state index contributed by atoms with van der Waals surface area (Å²) in [6, 6.07) is 10.2. The molecule has 1 unspecified atom stereocenters. The fourth-order valence-corrected chi connectivity index (χ4v) is 4.10. The third-order valence-corrected chi connectivity index (χ3v) is 5.68. The van der Waals surface area contributed by atoms with Crippen molar-refractivity contribution in [2.45, 2.75) is 38.9 Å².